The van der Waals surface area contributed by atoms with Gasteiger partial charge in [0.15, 0.2) is 56.1 Å². The summed E-state index contributed by atoms with van der Waals surface area (Å²) in [7, 11) is 0. The van der Waals surface area contributed by atoms with E-state index in [1.807, 2.05) is 0 Å². The molecule has 0 aromatic carbocycles. The molecule has 9 atom stereocenters. The molecule has 9 nitrogen and oxygen atoms in total. The van der Waals surface area contributed by atoms with Crippen molar-refractivity contribution in [2.45, 2.75) is 56.1 Å². The predicted octanol–water partition coefficient (Wildman–Crippen LogP) is -1.76. The zero-order chi connectivity index (χ0) is 13.3. The molecular weight excluding hydrogens is 276 g/mol. The highest BCUT2D eigenvalue weighted by molar-refractivity contribution is 4.95. The fourth-order valence-electron chi connectivity index (χ4n) is 2.25. The molecule has 0 spiro atoms. The Kier molecular flexibility index (Phi) is 2.64. The molecule has 1 N–H and O–H groups in total. The Morgan fingerprint density at radius 3 is 1.55 bits per heavy atom. The average Bonchev–Trinajstić information content (AvgIpc) is 3.31. The summed E-state index contributed by atoms with van der Waals surface area (Å²) in [6, 6.07) is 0. The van der Waals surface area contributed by atoms with Gasteiger partial charge in [-0.15, -0.1) is 0 Å². The molecule has 6 aliphatic heterocycles. The number of aliphatic hydroxyl groups is 1. The first kappa shape index (κ1) is 12.2. The Balaban J connectivity index is 0.0000000986. The summed E-state index contributed by atoms with van der Waals surface area (Å²) >= 11 is 0. The lowest BCUT2D eigenvalue weighted by Crippen LogP contribution is -2.45. The molecule has 0 radical (unpaired) electrons. The first-order valence-electron chi connectivity index (χ1n) is 6.64. The van der Waals surface area contributed by atoms with E-state index in [4.69, 9.17) is 43.0 Å². The maximum absolute atomic E-state index is 8.31. The second kappa shape index (κ2) is 4.32. The Morgan fingerprint density at radius 2 is 1.20 bits per heavy atom. The lowest BCUT2D eigenvalue weighted by atomic mass is 10.3. The molecular formula is C11H14O9. The molecule has 6 heterocycles. The topological polar surface area (TPSA) is 104 Å². The van der Waals surface area contributed by atoms with Crippen molar-refractivity contribution in [3.05, 3.63) is 0 Å². The van der Waals surface area contributed by atoms with Crippen LogP contribution in [0.2, 0.25) is 0 Å². The van der Waals surface area contributed by atoms with E-state index >= 15 is 0 Å². The molecule has 6 aliphatic rings. The van der Waals surface area contributed by atoms with Crippen molar-refractivity contribution in [3.8, 4) is 0 Å². The van der Waals surface area contributed by atoms with Gasteiger partial charge in [-0.05, 0) is 0 Å². The number of hydrogen-bond donors (Lipinski definition) is 1. The molecule has 0 aliphatic carbocycles. The van der Waals surface area contributed by atoms with Gasteiger partial charge in [-0.3, -0.25) is 0 Å². The number of epoxide rings is 3. The van der Waals surface area contributed by atoms with E-state index in [2.05, 4.69) is 0 Å². The summed E-state index contributed by atoms with van der Waals surface area (Å²) in [5.74, 6) is 0. The molecule has 0 saturated carbocycles. The van der Waals surface area contributed by atoms with E-state index in [1.54, 1.807) is 0 Å². The number of rotatable bonds is 5. The summed E-state index contributed by atoms with van der Waals surface area (Å²) in [4.78, 5) is 0. The summed E-state index contributed by atoms with van der Waals surface area (Å²) in [5, 5.41) is 8.31. The van der Waals surface area contributed by atoms with Crippen LogP contribution >= 0.6 is 0 Å². The quantitative estimate of drug-likeness (QED) is 0.590. The third-order valence-electron chi connectivity index (χ3n) is 3.70. The number of ether oxygens (including phenoxy) is 8. The lowest BCUT2D eigenvalue weighted by molar-refractivity contribution is -0.305. The van der Waals surface area contributed by atoms with Crippen molar-refractivity contribution in [3.63, 3.8) is 0 Å². The molecule has 9 heteroatoms. The maximum Gasteiger partial charge on any atom is 0.195 e. The van der Waals surface area contributed by atoms with E-state index in [0.717, 1.165) is 0 Å². The van der Waals surface area contributed by atoms with Gasteiger partial charge >= 0.3 is 0 Å². The van der Waals surface area contributed by atoms with Crippen LogP contribution in [0.4, 0.5) is 0 Å². The van der Waals surface area contributed by atoms with Crippen LogP contribution in [0.5, 0.6) is 0 Å². The van der Waals surface area contributed by atoms with Crippen LogP contribution in [-0.2, 0) is 37.9 Å². The molecule has 6 fully saturated rings. The zero-order valence-corrected chi connectivity index (χ0v) is 10.3. The highest BCUT2D eigenvalue weighted by Crippen LogP contribution is 2.46. The smallest absolute Gasteiger partial charge is 0.195 e. The SMILES string of the molecule is O(C1OC2OC12)C1OC2OC12.OCCOC1OC2OC12. The molecule has 0 amide bonds. The summed E-state index contributed by atoms with van der Waals surface area (Å²) in [5.41, 5.74) is 0. The highest BCUT2D eigenvalue weighted by atomic mass is 16.9. The van der Waals surface area contributed by atoms with Gasteiger partial charge in [0.25, 0.3) is 0 Å². The maximum atomic E-state index is 8.31. The fraction of sp³-hybridized carbons (Fsp3) is 1.00. The van der Waals surface area contributed by atoms with Crippen molar-refractivity contribution >= 4 is 0 Å². The van der Waals surface area contributed by atoms with Crippen molar-refractivity contribution in [2.75, 3.05) is 13.2 Å². The van der Waals surface area contributed by atoms with Crippen molar-refractivity contribution in [2.24, 2.45) is 0 Å². The molecule has 112 valence electrons. The molecule has 20 heavy (non-hydrogen) atoms. The van der Waals surface area contributed by atoms with E-state index in [-0.39, 0.29) is 62.7 Å². The lowest BCUT2D eigenvalue weighted by Gasteiger charge is -2.28. The monoisotopic (exact) mass is 290 g/mol. The van der Waals surface area contributed by atoms with Gasteiger partial charge < -0.3 is 43.0 Å². The Hall–Kier alpha value is -0.360. The van der Waals surface area contributed by atoms with E-state index in [1.165, 1.54) is 0 Å². The summed E-state index contributed by atoms with van der Waals surface area (Å²) in [6.07, 6.45) is -0.113. The second-order valence-corrected chi connectivity index (χ2v) is 5.15. The van der Waals surface area contributed by atoms with Gasteiger partial charge in [0.1, 0.15) is 0 Å². The Morgan fingerprint density at radius 1 is 0.700 bits per heavy atom. The molecule has 0 aromatic heterocycles. The van der Waals surface area contributed by atoms with Crippen LogP contribution in [-0.4, -0.2) is 74.4 Å². The predicted molar refractivity (Wildman–Crippen MR) is 54.7 cm³/mol. The second-order valence-electron chi connectivity index (χ2n) is 5.15. The van der Waals surface area contributed by atoms with Crippen molar-refractivity contribution < 1.29 is 43.0 Å². The van der Waals surface area contributed by atoms with Crippen LogP contribution in [0, 0.1) is 0 Å². The first-order chi connectivity index (χ1) is 9.83. The molecule has 9 unspecified atom stereocenters. The van der Waals surface area contributed by atoms with E-state index in [0.29, 0.717) is 6.61 Å². The van der Waals surface area contributed by atoms with Crippen LogP contribution in [0.15, 0.2) is 0 Å². The number of fused-ring (bicyclic) bond motifs is 3. The van der Waals surface area contributed by atoms with Crippen LogP contribution in [0.25, 0.3) is 0 Å². The normalized spacial score (nSPS) is 58.4. The Labute approximate surface area is 113 Å². The summed E-state index contributed by atoms with van der Waals surface area (Å²) < 4.78 is 40.4. The zero-order valence-electron chi connectivity index (χ0n) is 10.3. The largest absolute Gasteiger partial charge is 0.394 e. The third-order valence-corrected chi connectivity index (χ3v) is 3.70. The van der Waals surface area contributed by atoms with Crippen LogP contribution < -0.4 is 0 Å². The molecule has 6 saturated heterocycles. The highest BCUT2D eigenvalue weighted by Gasteiger charge is 2.65. The molecule has 6 rings (SSSR count). The number of aliphatic hydroxyl groups excluding tert-OH is 1. The minimum atomic E-state index is -0.213. The Bertz CT molecular complexity index is 383. The van der Waals surface area contributed by atoms with Gasteiger partial charge in [-0.25, -0.2) is 0 Å². The fourth-order valence-corrected chi connectivity index (χ4v) is 2.25. The van der Waals surface area contributed by atoms with Gasteiger partial charge in [-0.2, -0.15) is 0 Å². The average molecular weight is 290 g/mol. The third kappa shape index (κ3) is 1.98. The minimum Gasteiger partial charge on any atom is -0.394 e. The van der Waals surface area contributed by atoms with Crippen LogP contribution in [0.3, 0.4) is 0 Å². The van der Waals surface area contributed by atoms with Crippen LogP contribution in [0.1, 0.15) is 0 Å². The van der Waals surface area contributed by atoms with E-state index < -0.39 is 0 Å². The van der Waals surface area contributed by atoms with Gasteiger partial charge in [0.05, 0.1) is 13.2 Å². The minimum absolute atomic E-state index is 0.00805. The van der Waals surface area contributed by atoms with Gasteiger partial charge in [0, 0.05) is 0 Å². The summed E-state index contributed by atoms with van der Waals surface area (Å²) in [6.45, 7) is 0.370. The van der Waals surface area contributed by atoms with Crippen molar-refractivity contribution in [1.82, 2.24) is 0 Å². The number of hydrogen-bond acceptors (Lipinski definition) is 9. The van der Waals surface area contributed by atoms with Gasteiger partial charge in [0.2, 0.25) is 0 Å². The molecule has 0 aromatic rings. The standard InChI is InChI=1S/C6H6O5.C5H8O4/c7-1-3(7)9-5(1)11-6-2-4(8-2)10-6;6-1-2-7-4-3-5(8-3)9-4/h1-6H;3-6H,1-2H2. The first-order valence-corrected chi connectivity index (χ1v) is 6.64. The molecule has 0 bridgehead atoms. The van der Waals surface area contributed by atoms with E-state index in [9.17, 15) is 0 Å². The van der Waals surface area contributed by atoms with Gasteiger partial charge in [-0.1, -0.05) is 0 Å². The van der Waals surface area contributed by atoms with Crippen molar-refractivity contribution in [1.29, 1.82) is 0 Å².